The second-order valence-electron chi connectivity index (χ2n) is 7.06. The highest BCUT2D eigenvalue weighted by molar-refractivity contribution is 6.30. The fourth-order valence-corrected chi connectivity index (χ4v) is 5.17. The van der Waals surface area contributed by atoms with Crippen LogP contribution in [0.5, 0.6) is 0 Å². The number of anilines is 1. The van der Waals surface area contributed by atoms with Crippen LogP contribution >= 0.6 is 11.6 Å². The van der Waals surface area contributed by atoms with Gasteiger partial charge in [-0.1, -0.05) is 41.9 Å². The summed E-state index contributed by atoms with van der Waals surface area (Å²) < 4.78 is 0. The molecule has 26 heavy (non-hydrogen) atoms. The predicted molar refractivity (Wildman–Crippen MR) is 100 cm³/mol. The second-order valence-corrected chi connectivity index (χ2v) is 7.50. The first-order valence-corrected chi connectivity index (χ1v) is 8.99. The van der Waals surface area contributed by atoms with Crippen LogP contribution < -0.4 is 10.6 Å². The molecule has 1 fully saturated rings. The molecule has 0 saturated carbocycles. The number of hydrogen-bond donors (Lipinski definition) is 2. The highest BCUT2D eigenvalue weighted by Gasteiger charge is 2.68. The van der Waals surface area contributed by atoms with Crippen LogP contribution in [0.4, 0.5) is 5.69 Å². The number of para-hydroxylation sites is 1. The summed E-state index contributed by atoms with van der Waals surface area (Å²) in [6, 6.07) is 20.0. The Labute approximate surface area is 156 Å². The number of rotatable bonds is 1. The molecular formula is C21H15ClN4. The zero-order valence-corrected chi connectivity index (χ0v) is 14.6. The number of fused-ring (bicyclic) bond motifs is 1. The Hall–Kier alpha value is -2.95. The first-order valence-electron chi connectivity index (χ1n) is 8.61. The first kappa shape index (κ1) is 15.3. The third-order valence-corrected chi connectivity index (χ3v) is 6.28. The van der Waals surface area contributed by atoms with E-state index in [2.05, 4.69) is 28.8 Å². The number of benzene rings is 2. The molecule has 126 valence electrons. The van der Waals surface area contributed by atoms with E-state index >= 15 is 0 Å². The topological polar surface area (TPSA) is 71.6 Å². The van der Waals surface area contributed by atoms with Gasteiger partial charge in [-0.05, 0) is 35.7 Å². The minimum Gasteiger partial charge on any atom is -0.387 e. The molecule has 3 aliphatic rings. The van der Waals surface area contributed by atoms with Crippen LogP contribution in [0.1, 0.15) is 17.5 Å². The lowest BCUT2D eigenvalue weighted by molar-refractivity contribution is 0.416. The number of nitriles is 2. The smallest absolute Gasteiger partial charge is 0.191 e. The van der Waals surface area contributed by atoms with Gasteiger partial charge in [0.25, 0.3) is 0 Å². The predicted octanol–water partition coefficient (Wildman–Crippen LogP) is 3.82. The summed E-state index contributed by atoms with van der Waals surface area (Å²) in [5, 5.41) is 28.0. The summed E-state index contributed by atoms with van der Waals surface area (Å²) in [7, 11) is 0. The van der Waals surface area contributed by atoms with Crippen molar-refractivity contribution >= 4 is 22.9 Å². The van der Waals surface area contributed by atoms with E-state index in [-0.39, 0.29) is 11.5 Å². The summed E-state index contributed by atoms with van der Waals surface area (Å²) in [5.41, 5.74) is 3.21. The van der Waals surface area contributed by atoms with Crippen LogP contribution in [0, 0.1) is 28.1 Å². The molecule has 2 aromatic rings. The molecule has 2 aromatic carbocycles. The van der Waals surface area contributed by atoms with Gasteiger partial charge in [0.05, 0.1) is 23.6 Å². The lowest BCUT2D eigenvalue weighted by Gasteiger charge is -2.31. The van der Waals surface area contributed by atoms with Crippen molar-refractivity contribution in [2.24, 2.45) is 5.41 Å². The molecule has 2 aliphatic heterocycles. The number of nitrogens with zero attached hydrogens (tertiary/aromatic N) is 2. The van der Waals surface area contributed by atoms with Crippen molar-refractivity contribution < 1.29 is 0 Å². The van der Waals surface area contributed by atoms with Crippen LogP contribution in [-0.4, -0.2) is 12.6 Å². The maximum atomic E-state index is 10.2. The standard InChI is InChI=1S/C21H15ClN4/c22-14-7-5-13(6-8-14)17-18-21(9-10-25-18)15-3-1-2-4-16(15)26-19(21)20(17,11-23)12-24/h1-8,19,25-26H,9-10H2/t19-,21+/m1/s1. The van der Waals surface area contributed by atoms with E-state index in [9.17, 15) is 10.5 Å². The van der Waals surface area contributed by atoms with Crippen LogP contribution in [0.2, 0.25) is 5.02 Å². The fraction of sp³-hybridized carbons (Fsp3) is 0.238. The van der Waals surface area contributed by atoms with Crippen molar-refractivity contribution in [2.45, 2.75) is 17.9 Å². The molecule has 0 aromatic heterocycles. The maximum Gasteiger partial charge on any atom is 0.191 e. The minimum atomic E-state index is -1.27. The molecule has 0 bridgehead atoms. The average molecular weight is 359 g/mol. The van der Waals surface area contributed by atoms with E-state index in [1.54, 1.807) is 12.1 Å². The molecule has 5 heteroatoms. The highest BCUT2D eigenvalue weighted by Crippen LogP contribution is 2.64. The molecule has 1 spiro atoms. The van der Waals surface area contributed by atoms with E-state index < -0.39 is 5.41 Å². The lowest BCUT2D eigenvalue weighted by Crippen LogP contribution is -2.44. The van der Waals surface area contributed by atoms with Crippen molar-refractivity contribution in [1.82, 2.24) is 5.32 Å². The minimum absolute atomic E-state index is 0.307. The Balaban J connectivity index is 1.86. The first-order chi connectivity index (χ1) is 12.7. The molecule has 2 atom stereocenters. The summed E-state index contributed by atoms with van der Waals surface area (Å²) in [6.07, 6.45) is 0.860. The molecule has 1 aliphatic carbocycles. The highest BCUT2D eigenvalue weighted by atomic mass is 35.5. The zero-order valence-electron chi connectivity index (χ0n) is 13.9. The van der Waals surface area contributed by atoms with Gasteiger partial charge in [-0.2, -0.15) is 10.5 Å². The monoisotopic (exact) mass is 358 g/mol. The van der Waals surface area contributed by atoms with E-state index in [4.69, 9.17) is 11.6 Å². The molecule has 0 amide bonds. The van der Waals surface area contributed by atoms with Gasteiger partial charge in [0.2, 0.25) is 0 Å². The van der Waals surface area contributed by atoms with Crippen LogP contribution in [0.25, 0.3) is 5.57 Å². The van der Waals surface area contributed by atoms with Gasteiger partial charge in [-0.25, -0.2) is 0 Å². The number of halogens is 1. The van der Waals surface area contributed by atoms with E-state index in [1.807, 2.05) is 30.3 Å². The summed E-state index contributed by atoms with van der Waals surface area (Å²) in [5.74, 6) is 0. The molecule has 0 unspecified atom stereocenters. The number of hydrogen-bond acceptors (Lipinski definition) is 4. The Morgan fingerprint density at radius 1 is 1.04 bits per heavy atom. The third-order valence-electron chi connectivity index (χ3n) is 6.03. The van der Waals surface area contributed by atoms with E-state index in [0.29, 0.717) is 5.02 Å². The molecule has 2 heterocycles. The Morgan fingerprint density at radius 2 is 1.77 bits per heavy atom. The molecular weight excluding hydrogens is 344 g/mol. The molecule has 0 radical (unpaired) electrons. The van der Waals surface area contributed by atoms with Crippen molar-refractivity contribution in [2.75, 3.05) is 11.9 Å². The van der Waals surface area contributed by atoms with Gasteiger partial charge in [0.1, 0.15) is 0 Å². The normalized spacial score (nSPS) is 26.8. The van der Waals surface area contributed by atoms with Gasteiger partial charge in [0.15, 0.2) is 5.41 Å². The quantitative estimate of drug-likeness (QED) is 0.812. The van der Waals surface area contributed by atoms with Gasteiger partial charge < -0.3 is 10.6 Å². The van der Waals surface area contributed by atoms with Crippen molar-refractivity contribution in [3.63, 3.8) is 0 Å². The van der Waals surface area contributed by atoms with Gasteiger partial charge in [-0.3, -0.25) is 0 Å². The maximum absolute atomic E-state index is 10.2. The van der Waals surface area contributed by atoms with Crippen LogP contribution in [-0.2, 0) is 5.41 Å². The molecule has 5 rings (SSSR count). The van der Waals surface area contributed by atoms with E-state index in [0.717, 1.165) is 35.5 Å². The Kier molecular flexibility index (Phi) is 2.97. The van der Waals surface area contributed by atoms with Crippen LogP contribution in [0.3, 0.4) is 0 Å². The van der Waals surface area contributed by atoms with Crippen molar-refractivity contribution in [3.8, 4) is 12.1 Å². The summed E-state index contributed by atoms with van der Waals surface area (Å²) >= 11 is 6.06. The van der Waals surface area contributed by atoms with E-state index in [1.165, 1.54) is 5.56 Å². The Bertz CT molecular complexity index is 1030. The second kappa shape index (κ2) is 5.04. The molecule has 2 N–H and O–H groups in total. The van der Waals surface area contributed by atoms with Gasteiger partial charge in [0, 0.05) is 28.5 Å². The Morgan fingerprint density at radius 3 is 2.50 bits per heavy atom. The van der Waals surface area contributed by atoms with Crippen molar-refractivity contribution in [3.05, 3.63) is 70.4 Å². The largest absolute Gasteiger partial charge is 0.387 e. The SMILES string of the molecule is N#CC1(C#N)C(c2ccc(Cl)cc2)=C2NCC[C@]23c2ccccc2N[C@H]13. The van der Waals surface area contributed by atoms with Gasteiger partial charge in [-0.15, -0.1) is 0 Å². The fourth-order valence-electron chi connectivity index (χ4n) is 5.04. The third kappa shape index (κ3) is 1.59. The van der Waals surface area contributed by atoms with Crippen molar-refractivity contribution in [1.29, 1.82) is 10.5 Å². The summed E-state index contributed by atoms with van der Waals surface area (Å²) in [4.78, 5) is 0. The average Bonchev–Trinajstić information content (AvgIpc) is 3.29. The lowest BCUT2D eigenvalue weighted by atomic mass is 9.70. The van der Waals surface area contributed by atoms with Crippen LogP contribution in [0.15, 0.2) is 54.2 Å². The molecule has 4 nitrogen and oxygen atoms in total. The molecule has 1 saturated heterocycles. The van der Waals surface area contributed by atoms with Gasteiger partial charge >= 0.3 is 0 Å². The number of nitrogens with one attached hydrogen (secondary N) is 2. The summed E-state index contributed by atoms with van der Waals surface area (Å²) in [6.45, 7) is 0.825. The zero-order chi connectivity index (χ0) is 17.9.